The second kappa shape index (κ2) is 3.08. The fraction of sp³-hybridized carbons (Fsp3) is 0.462. The van der Waals surface area contributed by atoms with Gasteiger partial charge < -0.3 is 5.73 Å². The van der Waals surface area contributed by atoms with Crippen molar-refractivity contribution in [1.29, 1.82) is 5.26 Å². The van der Waals surface area contributed by atoms with Crippen LogP contribution in [0.2, 0.25) is 0 Å². The van der Waals surface area contributed by atoms with Gasteiger partial charge in [-0.3, -0.25) is 0 Å². The smallest absolute Gasteiger partial charge is 0.0994 e. The van der Waals surface area contributed by atoms with Gasteiger partial charge in [0.2, 0.25) is 0 Å². The summed E-state index contributed by atoms with van der Waals surface area (Å²) in [6.07, 6.45) is 2.18. The summed E-state index contributed by atoms with van der Waals surface area (Å²) >= 11 is 0. The van der Waals surface area contributed by atoms with Crippen LogP contribution in [0.5, 0.6) is 0 Å². The van der Waals surface area contributed by atoms with Crippen molar-refractivity contribution in [3.8, 4) is 6.07 Å². The molecule has 1 fully saturated rings. The van der Waals surface area contributed by atoms with Crippen LogP contribution < -0.4 is 5.73 Å². The number of nitriles is 1. The van der Waals surface area contributed by atoms with E-state index in [9.17, 15) is 0 Å². The van der Waals surface area contributed by atoms with Crippen molar-refractivity contribution < 1.29 is 0 Å². The average molecular weight is 200 g/mol. The Balaban J connectivity index is 2.52. The highest BCUT2D eigenvalue weighted by Gasteiger charge is 2.54. The first kappa shape index (κ1) is 10.2. The van der Waals surface area contributed by atoms with Gasteiger partial charge in [-0.15, -0.1) is 0 Å². The van der Waals surface area contributed by atoms with Crippen LogP contribution in [0.15, 0.2) is 24.3 Å². The highest BCUT2D eigenvalue weighted by Crippen LogP contribution is 2.55. The van der Waals surface area contributed by atoms with Crippen LogP contribution in [-0.2, 0) is 5.41 Å². The molecule has 2 heteroatoms. The molecule has 1 aromatic rings. The predicted molar refractivity (Wildman–Crippen MR) is 60.3 cm³/mol. The molecule has 1 aliphatic carbocycles. The third-order valence-electron chi connectivity index (χ3n) is 3.55. The predicted octanol–water partition coefficient (Wildman–Crippen LogP) is 2.33. The molecule has 0 radical (unpaired) electrons. The summed E-state index contributed by atoms with van der Waals surface area (Å²) in [6.45, 7) is 4.10. The van der Waals surface area contributed by atoms with Crippen molar-refractivity contribution >= 4 is 0 Å². The Hall–Kier alpha value is -1.33. The van der Waals surface area contributed by atoms with Crippen molar-refractivity contribution in [3.05, 3.63) is 35.4 Å². The number of nitrogens with two attached hydrogens (primary N) is 1. The highest BCUT2D eigenvalue weighted by molar-refractivity contribution is 5.47. The van der Waals surface area contributed by atoms with Crippen molar-refractivity contribution in [2.75, 3.05) is 0 Å². The van der Waals surface area contributed by atoms with E-state index >= 15 is 0 Å². The van der Waals surface area contributed by atoms with Gasteiger partial charge in [-0.1, -0.05) is 18.2 Å². The molecule has 2 nitrogen and oxygen atoms in total. The van der Waals surface area contributed by atoms with Crippen molar-refractivity contribution in [2.24, 2.45) is 5.73 Å². The van der Waals surface area contributed by atoms with Crippen LogP contribution in [0.3, 0.4) is 0 Å². The summed E-state index contributed by atoms with van der Waals surface area (Å²) in [4.78, 5) is 0. The van der Waals surface area contributed by atoms with Crippen LogP contribution in [-0.4, -0.2) is 5.54 Å². The largest absolute Gasteiger partial charge is 0.325 e. The zero-order valence-electron chi connectivity index (χ0n) is 9.25. The van der Waals surface area contributed by atoms with E-state index in [1.54, 1.807) is 0 Å². The first-order valence-corrected chi connectivity index (χ1v) is 5.30. The molecule has 0 unspecified atom stereocenters. The molecule has 0 bridgehead atoms. The molecule has 0 saturated heterocycles. The third kappa shape index (κ3) is 1.44. The van der Waals surface area contributed by atoms with E-state index in [0.29, 0.717) is 0 Å². The molecule has 0 aromatic heterocycles. The molecule has 2 N–H and O–H groups in total. The molecule has 0 spiro atoms. The Morgan fingerprint density at radius 3 is 2.40 bits per heavy atom. The van der Waals surface area contributed by atoms with E-state index < -0.39 is 0 Å². The minimum absolute atomic E-state index is 0.0271. The molecule has 0 atom stereocenters. The fourth-order valence-electron chi connectivity index (χ4n) is 2.38. The highest BCUT2D eigenvalue weighted by atomic mass is 14.8. The van der Waals surface area contributed by atoms with E-state index in [4.69, 9.17) is 11.0 Å². The Bertz CT molecular complexity index is 417. The topological polar surface area (TPSA) is 49.8 Å². The lowest BCUT2D eigenvalue weighted by molar-refractivity contribution is 0.391. The van der Waals surface area contributed by atoms with E-state index in [2.05, 4.69) is 6.07 Å². The lowest BCUT2D eigenvalue weighted by Gasteiger charge is -2.31. The number of benzene rings is 1. The summed E-state index contributed by atoms with van der Waals surface area (Å²) in [6, 6.07) is 10.1. The molecule has 0 amide bonds. The number of nitrogens with zero attached hydrogens (tertiary/aromatic N) is 1. The Labute approximate surface area is 90.7 Å². The van der Waals surface area contributed by atoms with Gasteiger partial charge in [-0.05, 0) is 38.3 Å². The van der Waals surface area contributed by atoms with Crippen molar-refractivity contribution in [2.45, 2.75) is 37.6 Å². The van der Waals surface area contributed by atoms with Gasteiger partial charge >= 0.3 is 0 Å². The number of rotatable bonds is 2. The van der Waals surface area contributed by atoms with E-state index in [1.807, 2.05) is 38.1 Å². The number of hydrogen-bond acceptors (Lipinski definition) is 2. The molecule has 1 saturated carbocycles. The van der Waals surface area contributed by atoms with Crippen molar-refractivity contribution in [3.63, 3.8) is 0 Å². The second-order valence-corrected chi connectivity index (χ2v) is 4.96. The maximum Gasteiger partial charge on any atom is 0.0994 e. The number of hydrogen-bond donors (Lipinski definition) is 1. The third-order valence-corrected chi connectivity index (χ3v) is 3.55. The summed E-state index contributed by atoms with van der Waals surface area (Å²) in [5.74, 6) is 0. The van der Waals surface area contributed by atoms with Gasteiger partial charge in [0.15, 0.2) is 0 Å². The molecule has 1 aliphatic rings. The molecular formula is C13H16N2. The van der Waals surface area contributed by atoms with Crippen LogP contribution >= 0.6 is 0 Å². The average Bonchev–Trinajstić information content (AvgIpc) is 2.97. The van der Waals surface area contributed by atoms with E-state index in [1.165, 1.54) is 0 Å². The van der Waals surface area contributed by atoms with E-state index in [0.717, 1.165) is 24.0 Å². The zero-order valence-corrected chi connectivity index (χ0v) is 9.25. The summed E-state index contributed by atoms with van der Waals surface area (Å²) in [5, 5.41) is 9.08. The molecule has 78 valence electrons. The minimum Gasteiger partial charge on any atom is -0.325 e. The van der Waals surface area contributed by atoms with Gasteiger partial charge in [0, 0.05) is 11.0 Å². The fourth-order valence-corrected chi connectivity index (χ4v) is 2.38. The van der Waals surface area contributed by atoms with Crippen LogP contribution in [0, 0.1) is 11.3 Å². The zero-order chi connectivity index (χ0) is 11.1. The maximum absolute atomic E-state index is 9.08. The first-order chi connectivity index (χ1) is 7.01. The first-order valence-electron chi connectivity index (χ1n) is 5.30. The van der Waals surface area contributed by atoms with Crippen LogP contribution in [0.25, 0.3) is 0 Å². The van der Waals surface area contributed by atoms with Crippen molar-refractivity contribution in [1.82, 2.24) is 0 Å². The standard InChI is InChI=1S/C13H16N2/c1-12(2,15)13(7-8-13)11-6-4-3-5-10(11)9-14/h3-6H,7-8,15H2,1-2H3. The molecule has 0 aliphatic heterocycles. The van der Waals surface area contributed by atoms with Gasteiger partial charge in [-0.2, -0.15) is 5.26 Å². The van der Waals surface area contributed by atoms with Gasteiger partial charge in [0.05, 0.1) is 11.6 Å². The van der Waals surface area contributed by atoms with Crippen LogP contribution in [0.1, 0.15) is 37.8 Å². The Kier molecular flexibility index (Phi) is 2.09. The summed E-state index contributed by atoms with van der Waals surface area (Å²) in [7, 11) is 0. The normalized spacial score (nSPS) is 18.3. The van der Waals surface area contributed by atoms with Gasteiger partial charge in [-0.25, -0.2) is 0 Å². The molecule has 1 aromatic carbocycles. The molecule has 15 heavy (non-hydrogen) atoms. The SMILES string of the molecule is CC(C)(N)C1(c2ccccc2C#N)CC1. The minimum atomic E-state index is -0.250. The monoisotopic (exact) mass is 200 g/mol. The Morgan fingerprint density at radius 2 is 1.93 bits per heavy atom. The second-order valence-electron chi connectivity index (χ2n) is 4.96. The summed E-state index contributed by atoms with van der Waals surface area (Å²) < 4.78 is 0. The van der Waals surface area contributed by atoms with Gasteiger partial charge in [0.25, 0.3) is 0 Å². The molecular weight excluding hydrogens is 184 g/mol. The van der Waals surface area contributed by atoms with E-state index in [-0.39, 0.29) is 11.0 Å². The molecule has 2 rings (SSSR count). The lowest BCUT2D eigenvalue weighted by Crippen LogP contribution is -2.45. The van der Waals surface area contributed by atoms with Gasteiger partial charge in [0.1, 0.15) is 0 Å². The Morgan fingerprint density at radius 1 is 1.33 bits per heavy atom. The maximum atomic E-state index is 9.08. The lowest BCUT2D eigenvalue weighted by atomic mass is 9.77. The summed E-state index contributed by atoms with van der Waals surface area (Å²) in [5.41, 5.74) is 7.90. The van der Waals surface area contributed by atoms with Crippen LogP contribution in [0.4, 0.5) is 0 Å². The molecule has 0 heterocycles. The quantitative estimate of drug-likeness (QED) is 0.796.